The highest BCUT2D eigenvalue weighted by Gasteiger charge is 2.10. The summed E-state index contributed by atoms with van der Waals surface area (Å²) in [5, 5.41) is 2.93. The van der Waals surface area contributed by atoms with Gasteiger partial charge in [-0.3, -0.25) is 4.79 Å². The third-order valence-electron chi connectivity index (χ3n) is 5.20. The van der Waals surface area contributed by atoms with Crippen LogP contribution in [-0.4, -0.2) is 36.4 Å². The maximum absolute atomic E-state index is 12.0. The lowest BCUT2D eigenvalue weighted by Gasteiger charge is -2.12. The van der Waals surface area contributed by atoms with Gasteiger partial charge >= 0.3 is 0 Å². The number of carbonyl (C=O) groups is 1. The van der Waals surface area contributed by atoms with Crippen LogP contribution in [0.25, 0.3) is 33.6 Å². The number of anilines is 1. The van der Waals surface area contributed by atoms with Crippen LogP contribution < -0.4 is 5.32 Å². The summed E-state index contributed by atoms with van der Waals surface area (Å²) in [6.07, 6.45) is 0. The SMILES string of the molecule is Cc1ccc(-c2cc(-c3ccccc3)nc(-c3ccc(NC(=O)CN(C)C)cc3)c2)cc1.Cl.Cl. The number of carbonyl (C=O) groups excluding carboxylic acids is 1. The minimum Gasteiger partial charge on any atom is -0.325 e. The molecule has 0 aliphatic carbocycles. The van der Waals surface area contributed by atoms with E-state index in [0.717, 1.165) is 39.3 Å². The zero-order valence-electron chi connectivity index (χ0n) is 19.5. The van der Waals surface area contributed by atoms with E-state index in [1.54, 1.807) is 0 Å². The Morgan fingerprint density at radius 3 is 1.82 bits per heavy atom. The molecular weight excluding hydrogens is 465 g/mol. The highest BCUT2D eigenvalue weighted by molar-refractivity contribution is 5.92. The fourth-order valence-corrected chi connectivity index (χ4v) is 3.56. The monoisotopic (exact) mass is 493 g/mol. The predicted molar refractivity (Wildman–Crippen MR) is 147 cm³/mol. The van der Waals surface area contributed by atoms with E-state index in [1.165, 1.54) is 5.56 Å². The van der Waals surface area contributed by atoms with Crippen LogP contribution in [0, 0.1) is 6.92 Å². The molecule has 0 bridgehead atoms. The number of halogens is 2. The van der Waals surface area contributed by atoms with Crippen molar-refractivity contribution in [2.75, 3.05) is 26.0 Å². The Hall–Kier alpha value is -3.18. The summed E-state index contributed by atoms with van der Waals surface area (Å²) in [5.74, 6) is -0.0337. The molecular formula is C28H29Cl2N3O. The van der Waals surface area contributed by atoms with Crippen molar-refractivity contribution in [3.63, 3.8) is 0 Å². The molecule has 1 heterocycles. The lowest BCUT2D eigenvalue weighted by atomic mass is 9.99. The van der Waals surface area contributed by atoms with Crippen molar-refractivity contribution in [1.82, 2.24) is 9.88 Å². The summed E-state index contributed by atoms with van der Waals surface area (Å²) in [4.78, 5) is 18.8. The summed E-state index contributed by atoms with van der Waals surface area (Å²) in [5.41, 5.74) is 8.20. The van der Waals surface area contributed by atoms with Gasteiger partial charge < -0.3 is 10.2 Å². The second-order valence-corrected chi connectivity index (χ2v) is 8.22. The van der Waals surface area contributed by atoms with Crippen molar-refractivity contribution >= 4 is 36.4 Å². The van der Waals surface area contributed by atoms with Crippen molar-refractivity contribution in [2.24, 2.45) is 0 Å². The first-order chi connectivity index (χ1) is 15.5. The van der Waals surface area contributed by atoms with Gasteiger partial charge in [0.2, 0.25) is 5.91 Å². The normalized spacial score (nSPS) is 10.2. The highest BCUT2D eigenvalue weighted by atomic mass is 35.5. The second-order valence-electron chi connectivity index (χ2n) is 8.22. The first-order valence-corrected chi connectivity index (χ1v) is 10.7. The smallest absolute Gasteiger partial charge is 0.238 e. The molecule has 0 aliphatic heterocycles. The lowest BCUT2D eigenvalue weighted by molar-refractivity contribution is -0.116. The Balaban J connectivity index is 0.00000204. The van der Waals surface area contributed by atoms with Crippen molar-refractivity contribution in [3.05, 3.63) is 96.6 Å². The van der Waals surface area contributed by atoms with Crippen LogP contribution in [0.5, 0.6) is 0 Å². The van der Waals surface area contributed by atoms with Gasteiger partial charge in [-0.1, -0.05) is 72.3 Å². The number of aryl methyl sites for hydroxylation is 1. The van der Waals surface area contributed by atoms with E-state index < -0.39 is 0 Å². The maximum atomic E-state index is 12.0. The molecule has 4 nitrogen and oxygen atoms in total. The van der Waals surface area contributed by atoms with Gasteiger partial charge in [-0.15, -0.1) is 24.8 Å². The Morgan fingerprint density at radius 1 is 0.735 bits per heavy atom. The van der Waals surface area contributed by atoms with Gasteiger partial charge in [0.05, 0.1) is 17.9 Å². The standard InChI is InChI=1S/C28H27N3O.2ClH/c1-20-9-11-21(12-10-20)24-17-26(22-7-5-4-6-8-22)30-27(18-24)23-13-15-25(16-14-23)29-28(32)19-31(2)3;;/h4-18H,19H2,1-3H3,(H,29,32);2*1H. The van der Waals surface area contributed by atoms with Gasteiger partial charge in [0.1, 0.15) is 0 Å². The Bertz CT molecular complexity index is 1210. The molecule has 0 saturated heterocycles. The van der Waals surface area contributed by atoms with Gasteiger partial charge in [-0.05, 0) is 56.4 Å². The molecule has 0 aliphatic rings. The molecule has 3 aromatic carbocycles. The summed E-state index contributed by atoms with van der Waals surface area (Å²) in [7, 11) is 3.75. The maximum Gasteiger partial charge on any atom is 0.238 e. The Kier molecular flexibility index (Phi) is 9.82. The number of amides is 1. The van der Waals surface area contributed by atoms with E-state index >= 15 is 0 Å². The third kappa shape index (κ3) is 6.91. The minimum absolute atomic E-state index is 0. The topological polar surface area (TPSA) is 45.2 Å². The van der Waals surface area contributed by atoms with E-state index in [-0.39, 0.29) is 30.7 Å². The molecule has 0 saturated carbocycles. The molecule has 1 aromatic heterocycles. The summed E-state index contributed by atoms with van der Waals surface area (Å²) in [6.45, 7) is 2.44. The van der Waals surface area contributed by atoms with Crippen molar-refractivity contribution in [3.8, 4) is 33.6 Å². The first-order valence-electron chi connectivity index (χ1n) is 10.7. The summed E-state index contributed by atoms with van der Waals surface area (Å²) in [6, 6.07) is 30.9. The number of rotatable bonds is 6. The van der Waals surface area contributed by atoms with Crippen LogP contribution >= 0.6 is 24.8 Å². The van der Waals surface area contributed by atoms with E-state index in [1.807, 2.05) is 61.5 Å². The van der Waals surface area contributed by atoms with Gasteiger partial charge in [0, 0.05) is 16.8 Å². The van der Waals surface area contributed by atoms with Crippen LogP contribution in [0.2, 0.25) is 0 Å². The molecule has 1 N–H and O–H groups in total. The molecule has 4 aromatic rings. The average Bonchev–Trinajstić information content (AvgIpc) is 2.80. The fourth-order valence-electron chi connectivity index (χ4n) is 3.56. The number of nitrogens with one attached hydrogen (secondary N) is 1. The van der Waals surface area contributed by atoms with Crippen molar-refractivity contribution in [1.29, 1.82) is 0 Å². The summed E-state index contributed by atoms with van der Waals surface area (Å²) >= 11 is 0. The van der Waals surface area contributed by atoms with Crippen LogP contribution in [0.1, 0.15) is 5.56 Å². The zero-order valence-corrected chi connectivity index (χ0v) is 21.1. The molecule has 0 fully saturated rings. The largest absolute Gasteiger partial charge is 0.325 e. The third-order valence-corrected chi connectivity index (χ3v) is 5.20. The quantitative estimate of drug-likeness (QED) is 0.323. The number of hydrogen-bond acceptors (Lipinski definition) is 3. The van der Waals surface area contributed by atoms with Gasteiger partial charge in [0.25, 0.3) is 0 Å². The summed E-state index contributed by atoms with van der Waals surface area (Å²) < 4.78 is 0. The van der Waals surface area contributed by atoms with Gasteiger partial charge in [-0.2, -0.15) is 0 Å². The zero-order chi connectivity index (χ0) is 22.5. The number of benzene rings is 3. The average molecular weight is 494 g/mol. The van der Waals surface area contributed by atoms with Crippen molar-refractivity contribution in [2.45, 2.75) is 6.92 Å². The second kappa shape index (κ2) is 12.3. The van der Waals surface area contributed by atoms with Crippen LogP contribution in [-0.2, 0) is 4.79 Å². The molecule has 0 atom stereocenters. The van der Waals surface area contributed by atoms with E-state index in [4.69, 9.17) is 4.98 Å². The molecule has 34 heavy (non-hydrogen) atoms. The molecule has 1 amide bonds. The fraction of sp³-hybridized carbons (Fsp3) is 0.143. The van der Waals surface area contributed by atoms with Crippen molar-refractivity contribution < 1.29 is 4.79 Å². The van der Waals surface area contributed by atoms with Crippen LogP contribution in [0.3, 0.4) is 0 Å². The number of likely N-dealkylation sites (N-methyl/N-ethyl adjacent to an activating group) is 1. The molecule has 6 heteroatoms. The minimum atomic E-state index is -0.0337. The molecule has 0 radical (unpaired) electrons. The van der Waals surface area contributed by atoms with E-state index in [9.17, 15) is 4.79 Å². The van der Waals surface area contributed by atoms with E-state index in [0.29, 0.717) is 6.54 Å². The number of aromatic nitrogens is 1. The Labute approximate surface area is 213 Å². The number of nitrogens with zero attached hydrogens (tertiary/aromatic N) is 2. The van der Waals surface area contributed by atoms with Gasteiger partial charge in [-0.25, -0.2) is 4.98 Å². The molecule has 176 valence electrons. The number of hydrogen-bond donors (Lipinski definition) is 1. The lowest BCUT2D eigenvalue weighted by Crippen LogP contribution is -2.27. The Morgan fingerprint density at radius 2 is 1.26 bits per heavy atom. The molecule has 0 unspecified atom stereocenters. The molecule has 4 rings (SSSR count). The number of pyridine rings is 1. The van der Waals surface area contributed by atoms with E-state index in [2.05, 4.69) is 60.8 Å². The highest BCUT2D eigenvalue weighted by Crippen LogP contribution is 2.30. The van der Waals surface area contributed by atoms with Gasteiger partial charge in [0.15, 0.2) is 0 Å². The first kappa shape index (κ1) is 27.1. The predicted octanol–water partition coefficient (Wildman–Crippen LogP) is 6.73. The van der Waals surface area contributed by atoms with Crippen LogP contribution in [0.15, 0.2) is 91.0 Å². The molecule has 0 spiro atoms. The van der Waals surface area contributed by atoms with Crippen LogP contribution in [0.4, 0.5) is 5.69 Å².